The maximum atomic E-state index is 6.14. The third-order valence-electron chi connectivity index (χ3n) is 2.40. The first kappa shape index (κ1) is 8.60. The van der Waals surface area contributed by atoms with Crippen molar-refractivity contribution < 1.29 is 0 Å². The fraction of sp³-hybridized carbons (Fsp3) is 0.556. The molecule has 0 radical (unpaired) electrons. The third kappa shape index (κ3) is 1.68. The van der Waals surface area contributed by atoms with E-state index in [4.69, 9.17) is 5.73 Å². The maximum absolute atomic E-state index is 6.14. The Morgan fingerprint density at radius 3 is 3.08 bits per heavy atom. The van der Waals surface area contributed by atoms with E-state index < -0.39 is 0 Å². The molecular formula is C9H13NS2. The van der Waals surface area contributed by atoms with Crippen molar-refractivity contribution in [2.24, 2.45) is 11.7 Å². The van der Waals surface area contributed by atoms with Gasteiger partial charge in [-0.15, -0.1) is 0 Å². The molecule has 3 heteroatoms. The topological polar surface area (TPSA) is 26.0 Å². The van der Waals surface area contributed by atoms with Crippen LogP contribution in [0.2, 0.25) is 0 Å². The van der Waals surface area contributed by atoms with Gasteiger partial charge in [0.15, 0.2) is 0 Å². The average Bonchev–Trinajstić information content (AvgIpc) is 2.77. The molecule has 1 aliphatic rings. The third-order valence-corrected chi connectivity index (χ3v) is 4.29. The van der Waals surface area contributed by atoms with Crippen molar-refractivity contribution >= 4 is 23.1 Å². The smallest absolute Gasteiger partial charge is 0.0340 e. The number of hydrogen-bond donors (Lipinski definition) is 1. The lowest BCUT2D eigenvalue weighted by Crippen LogP contribution is -2.20. The Labute approximate surface area is 81.4 Å². The second-order valence-corrected chi connectivity index (χ2v) is 5.14. The summed E-state index contributed by atoms with van der Waals surface area (Å²) in [7, 11) is 0. The van der Waals surface area contributed by atoms with Gasteiger partial charge in [-0.3, -0.25) is 0 Å². The summed E-state index contributed by atoms with van der Waals surface area (Å²) < 4.78 is 0. The monoisotopic (exact) mass is 199 g/mol. The van der Waals surface area contributed by atoms with Gasteiger partial charge < -0.3 is 5.73 Å². The lowest BCUT2D eigenvalue weighted by Gasteiger charge is -2.16. The van der Waals surface area contributed by atoms with Crippen LogP contribution in [-0.2, 0) is 0 Å². The zero-order valence-corrected chi connectivity index (χ0v) is 8.53. The molecule has 0 aromatic carbocycles. The Morgan fingerprint density at radius 1 is 1.58 bits per heavy atom. The van der Waals surface area contributed by atoms with Crippen LogP contribution in [0, 0.1) is 5.92 Å². The Balaban J connectivity index is 2.04. The number of hydrogen-bond acceptors (Lipinski definition) is 3. The molecule has 2 rings (SSSR count). The van der Waals surface area contributed by atoms with E-state index in [2.05, 4.69) is 16.8 Å². The van der Waals surface area contributed by atoms with E-state index in [-0.39, 0.29) is 6.04 Å². The van der Waals surface area contributed by atoms with Crippen molar-refractivity contribution in [1.29, 1.82) is 0 Å². The van der Waals surface area contributed by atoms with Crippen LogP contribution in [0.1, 0.15) is 18.0 Å². The average molecular weight is 199 g/mol. The number of nitrogens with two attached hydrogens (primary N) is 1. The molecule has 1 saturated heterocycles. The van der Waals surface area contributed by atoms with Gasteiger partial charge in [0, 0.05) is 6.04 Å². The first-order chi connectivity index (χ1) is 5.88. The zero-order chi connectivity index (χ0) is 8.39. The highest BCUT2D eigenvalue weighted by molar-refractivity contribution is 7.99. The van der Waals surface area contributed by atoms with Gasteiger partial charge in [-0.1, -0.05) is 0 Å². The highest BCUT2D eigenvalue weighted by atomic mass is 32.2. The lowest BCUT2D eigenvalue weighted by atomic mass is 9.95. The van der Waals surface area contributed by atoms with Gasteiger partial charge >= 0.3 is 0 Å². The molecule has 2 atom stereocenters. The van der Waals surface area contributed by atoms with Crippen molar-refractivity contribution in [3.63, 3.8) is 0 Å². The van der Waals surface area contributed by atoms with Gasteiger partial charge in [0.25, 0.3) is 0 Å². The summed E-state index contributed by atoms with van der Waals surface area (Å²) in [4.78, 5) is 0. The number of rotatable bonds is 2. The second kappa shape index (κ2) is 3.81. The largest absolute Gasteiger partial charge is 0.324 e. The highest BCUT2D eigenvalue weighted by Crippen LogP contribution is 2.33. The summed E-state index contributed by atoms with van der Waals surface area (Å²) in [5.74, 6) is 3.25. The summed E-state index contributed by atoms with van der Waals surface area (Å²) in [5, 5.41) is 4.28. The van der Waals surface area contributed by atoms with Gasteiger partial charge in [-0.05, 0) is 46.2 Å². The zero-order valence-electron chi connectivity index (χ0n) is 6.90. The van der Waals surface area contributed by atoms with Crippen LogP contribution in [0.5, 0.6) is 0 Å². The summed E-state index contributed by atoms with van der Waals surface area (Å²) in [6.45, 7) is 0. The molecule has 0 amide bonds. The SMILES string of the molecule is NC(c1ccsc1)C1CCSC1. The van der Waals surface area contributed by atoms with E-state index in [1.165, 1.54) is 23.5 Å². The summed E-state index contributed by atoms with van der Waals surface area (Å²) in [5.41, 5.74) is 7.46. The highest BCUT2D eigenvalue weighted by Gasteiger charge is 2.23. The van der Waals surface area contributed by atoms with Crippen molar-refractivity contribution in [2.75, 3.05) is 11.5 Å². The maximum Gasteiger partial charge on any atom is 0.0340 e. The molecule has 1 aromatic rings. The minimum atomic E-state index is 0.284. The fourth-order valence-corrected chi connectivity index (χ4v) is 3.59. The minimum absolute atomic E-state index is 0.284. The molecular weight excluding hydrogens is 186 g/mol. The second-order valence-electron chi connectivity index (χ2n) is 3.21. The quantitative estimate of drug-likeness (QED) is 0.792. The fourth-order valence-electron chi connectivity index (χ4n) is 1.57. The van der Waals surface area contributed by atoms with E-state index >= 15 is 0 Å². The van der Waals surface area contributed by atoms with Crippen LogP contribution in [0.25, 0.3) is 0 Å². The first-order valence-electron chi connectivity index (χ1n) is 4.23. The molecule has 2 heterocycles. The first-order valence-corrected chi connectivity index (χ1v) is 6.33. The van der Waals surface area contributed by atoms with E-state index in [1.807, 2.05) is 11.8 Å². The lowest BCUT2D eigenvalue weighted by molar-refractivity contribution is 0.483. The predicted octanol–water partition coefficient (Wildman–Crippen LogP) is 2.50. The normalized spacial score (nSPS) is 25.9. The summed E-state index contributed by atoms with van der Waals surface area (Å²) >= 11 is 3.77. The summed E-state index contributed by atoms with van der Waals surface area (Å²) in [6.07, 6.45) is 1.29. The van der Waals surface area contributed by atoms with Crippen LogP contribution in [-0.4, -0.2) is 11.5 Å². The molecule has 1 nitrogen and oxygen atoms in total. The molecule has 0 spiro atoms. The van der Waals surface area contributed by atoms with Gasteiger partial charge in [-0.2, -0.15) is 23.1 Å². The van der Waals surface area contributed by atoms with Crippen molar-refractivity contribution in [3.05, 3.63) is 22.4 Å². The summed E-state index contributed by atoms with van der Waals surface area (Å²) in [6, 6.07) is 2.43. The molecule has 1 aromatic heterocycles. The Bertz CT molecular complexity index is 227. The molecule has 0 saturated carbocycles. The van der Waals surface area contributed by atoms with E-state index in [9.17, 15) is 0 Å². The van der Waals surface area contributed by atoms with Crippen LogP contribution in [0.15, 0.2) is 16.8 Å². The Kier molecular flexibility index (Phi) is 2.73. The minimum Gasteiger partial charge on any atom is -0.324 e. The van der Waals surface area contributed by atoms with Crippen LogP contribution in [0.3, 0.4) is 0 Å². The van der Waals surface area contributed by atoms with Crippen molar-refractivity contribution in [1.82, 2.24) is 0 Å². The van der Waals surface area contributed by atoms with Crippen molar-refractivity contribution in [2.45, 2.75) is 12.5 Å². The van der Waals surface area contributed by atoms with Crippen molar-refractivity contribution in [3.8, 4) is 0 Å². The van der Waals surface area contributed by atoms with E-state index in [0.717, 1.165) is 0 Å². The molecule has 1 aliphatic heterocycles. The van der Waals surface area contributed by atoms with Crippen LogP contribution in [0.4, 0.5) is 0 Å². The Morgan fingerprint density at radius 2 is 2.50 bits per heavy atom. The van der Waals surface area contributed by atoms with Gasteiger partial charge in [0.05, 0.1) is 0 Å². The van der Waals surface area contributed by atoms with Crippen LogP contribution >= 0.6 is 23.1 Å². The Hall–Kier alpha value is 0.01000. The van der Waals surface area contributed by atoms with Gasteiger partial charge in [-0.25, -0.2) is 0 Å². The molecule has 12 heavy (non-hydrogen) atoms. The molecule has 2 N–H and O–H groups in total. The van der Waals surface area contributed by atoms with Gasteiger partial charge in [0.1, 0.15) is 0 Å². The predicted molar refractivity (Wildman–Crippen MR) is 56.7 cm³/mol. The van der Waals surface area contributed by atoms with Gasteiger partial charge in [0.2, 0.25) is 0 Å². The molecule has 0 bridgehead atoms. The molecule has 66 valence electrons. The van der Waals surface area contributed by atoms with E-state index in [1.54, 1.807) is 11.3 Å². The number of thioether (sulfide) groups is 1. The molecule has 2 unspecified atom stereocenters. The standard InChI is InChI=1S/C9H13NS2/c10-9(7-1-3-11-5-7)8-2-4-12-6-8/h1,3,5,8-9H,2,4,6,10H2. The van der Waals surface area contributed by atoms with E-state index in [0.29, 0.717) is 5.92 Å². The molecule has 1 fully saturated rings. The molecule has 0 aliphatic carbocycles. The number of thiophene rings is 1. The van der Waals surface area contributed by atoms with Crippen LogP contribution < -0.4 is 5.73 Å².